The molecule has 1 aromatic carbocycles. The van der Waals surface area contributed by atoms with Crippen LogP contribution in [0.15, 0.2) is 59.3 Å². The molecule has 1 unspecified atom stereocenters. The highest BCUT2D eigenvalue weighted by Gasteiger charge is 2.20. The molecule has 0 bridgehead atoms. The summed E-state index contributed by atoms with van der Waals surface area (Å²) < 4.78 is 10.5. The lowest BCUT2D eigenvalue weighted by atomic mass is 10.0. The number of primary amides is 1. The molecule has 3 rings (SSSR count). The van der Waals surface area contributed by atoms with Gasteiger partial charge >= 0.3 is 6.09 Å². The Morgan fingerprint density at radius 3 is 2.90 bits per heavy atom. The first-order chi connectivity index (χ1) is 9.74. The van der Waals surface area contributed by atoms with Crippen molar-refractivity contribution in [2.75, 3.05) is 0 Å². The van der Waals surface area contributed by atoms with Gasteiger partial charge in [0, 0.05) is 17.1 Å². The van der Waals surface area contributed by atoms with E-state index in [9.17, 15) is 4.79 Å². The molecule has 0 aliphatic rings. The molecule has 0 aliphatic carbocycles. The van der Waals surface area contributed by atoms with Gasteiger partial charge in [-0.2, -0.15) is 0 Å². The number of aromatic nitrogens is 1. The van der Waals surface area contributed by atoms with Gasteiger partial charge in [-0.3, -0.25) is 4.98 Å². The minimum Gasteiger partial charge on any atom is -0.465 e. The number of benzene rings is 1. The summed E-state index contributed by atoms with van der Waals surface area (Å²) in [6, 6.07) is 12.9. The average molecular weight is 268 g/mol. The van der Waals surface area contributed by atoms with Crippen molar-refractivity contribution < 1.29 is 13.9 Å². The molecule has 100 valence electrons. The summed E-state index contributed by atoms with van der Waals surface area (Å²) >= 11 is 0. The highest BCUT2D eigenvalue weighted by molar-refractivity contribution is 5.79. The molecule has 3 aromatic rings. The zero-order valence-electron chi connectivity index (χ0n) is 10.5. The number of fused-ring (bicyclic) bond motifs is 1. The number of furan rings is 1. The van der Waals surface area contributed by atoms with E-state index in [-0.39, 0.29) is 0 Å². The number of ether oxygens (including phenoxy) is 1. The molecule has 1 atom stereocenters. The summed E-state index contributed by atoms with van der Waals surface area (Å²) in [7, 11) is 0. The van der Waals surface area contributed by atoms with Crippen LogP contribution in [0.25, 0.3) is 10.9 Å². The van der Waals surface area contributed by atoms with Crippen LogP contribution in [0.5, 0.6) is 0 Å². The summed E-state index contributed by atoms with van der Waals surface area (Å²) in [4.78, 5) is 15.4. The summed E-state index contributed by atoms with van der Waals surface area (Å²) in [6.45, 7) is 0. The van der Waals surface area contributed by atoms with Crippen molar-refractivity contribution >= 4 is 17.0 Å². The number of nitrogens with two attached hydrogens (primary N) is 1. The van der Waals surface area contributed by atoms with Crippen LogP contribution in [-0.4, -0.2) is 11.1 Å². The highest BCUT2D eigenvalue weighted by Crippen LogP contribution is 2.28. The van der Waals surface area contributed by atoms with E-state index in [0.29, 0.717) is 5.76 Å². The van der Waals surface area contributed by atoms with Gasteiger partial charge < -0.3 is 14.9 Å². The molecule has 0 radical (unpaired) electrons. The van der Waals surface area contributed by atoms with E-state index < -0.39 is 12.2 Å². The number of carbonyl (C=O) groups excluding carboxylic acids is 1. The van der Waals surface area contributed by atoms with Crippen LogP contribution in [0, 0.1) is 0 Å². The second-order valence-corrected chi connectivity index (χ2v) is 4.29. The number of amides is 1. The second kappa shape index (κ2) is 5.05. The highest BCUT2D eigenvalue weighted by atomic mass is 16.6. The third kappa shape index (κ3) is 2.33. The molecule has 2 heterocycles. The summed E-state index contributed by atoms with van der Waals surface area (Å²) in [5, 5.41) is 1.01. The van der Waals surface area contributed by atoms with Crippen LogP contribution in [0.3, 0.4) is 0 Å². The van der Waals surface area contributed by atoms with Crippen LogP contribution in [0.1, 0.15) is 17.4 Å². The lowest BCUT2D eigenvalue weighted by molar-refractivity contribution is 0.114. The first-order valence-electron chi connectivity index (χ1n) is 6.08. The molecule has 0 spiro atoms. The van der Waals surface area contributed by atoms with Gasteiger partial charge in [0.25, 0.3) is 0 Å². The molecule has 2 aromatic heterocycles. The van der Waals surface area contributed by atoms with Crippen molar-refractivity contribution in [3.63, 3.8) is 0 Å². The minimum atomic E-state index is -0.854. The van der Waals surface area contributed by atoms with E-state index in [4.69, 9.17) is 14.9 Å². The molecule has 5 nitrogen and oxygen atoms in total. The van der Waals surface area contributed by atoms with Crippen LogP contribution in [0.4, 0.5) is 4.79 Å². The standard InChI is InChI=1S/C15H12N2O3/c16-15(18)20-14(13-4-2-8-19-13)11-6-5-10-3-1-7-17-12(10)9-11/h1-9,14H,(H2,16,18). The Hall–Kier alpha value is -2.82. The topological polar surface area (TPSA) is 78.4 Å². The number of pyridine rings is 1. The maximum atomic E-state index is 11.1. The fourth-order valence-electron chi connectivity index (χ4n) is 2.09. The van der Waals surface area contributed by atoms with E-state index in [2.05, 4.69) is 4.98 Å². The van der Waals surface area contributed by atoms with Crippen LogP contribution in [0.2, 0.25) is 0 Å². The van der Waals surface area contributed by atoms with Gasteiger partial charge in [0.1, 0.15) is 5.76 Å². The van der Waals surface area contributed by atoms with Gasteiger partial charge in [-0.15, -0.1) is 0 Å². The van der Waals surface area contributed by atoms with E-state index in [1.807, 2.05) is 30.3 Å². The Morgan fingerprint density at radius 2 is 2.15 bits per heavy atom. The first kappa shape index (κ1) is 12.2. The zero-order chi connectivity index (χ0) is 13.9. The SMILES string of the molecule is NC(=O)OC(c1ccc2cccnc2c1)c1ccco1. The lowest BCUT2D eigenvalue weighted by Gasteiger charge is -2.15. The molecular weight excluding hydrogens is 256 g/mol. The van der Waals surface area contributed by atoms with Crippen molar-refractivity contribution in [3.8, 4) is 0 Å². The number of rotatable bonds is 3. The van der Waals surface area contributed by atoms with Gasteiger partial charge in [0.15, 0.2) is 6.10 Å². The maximum Gasteiger partial charge on any atom is 0.405 e. The van der Waals surface area contributed by atoms with Gasteiger partial charge in [-0.1, -0.05) is 18.2 Å². The molecule has 20 heavy (non-hydrogen) atoms. The van der Waals surface area contributed by atoms with Crippen LogP contribution >= 0.6 is 0 Å². The Morgan fingerprint density at radius 1 is 1.25 bits per heavy atom. The van der Waals surface area contributed by atoms with Crippen LogP contribution < -0.4 is 5.73 Å². The third-order valence-electron chi connectivity index (χ3n) is 2.97. The van der Waals surface area contributed by atoms with Crippen molar-refractivity contribution in [1.82, 2.24) is 4.98 Å². The molecule has 0 aliphatic heterocycles. The normalized spacial score (nSPS) is 12.2. The Balaban J connectivity index is 2.06. The lowest BCUT2D eigenvalue weighted by Crippen LogP contribution is -2.18. The molecule has 1 amide bonds. The summed E-state index contributed by atoms with van der Waals surface area (Å²) in [5.74, 6) is 0.513. The largest absolute Gasteiger partial charge is 0.465 e. The van der Waals surface area contributed by atoms with Crippen molar-refractivity contribution in [2.24, 2.45) is 5.73 Å². The predicted molar refractivity (Wildman–Crippen MR) is 73.0 cm³/mol. The second-order valence-electron chi connectivity index (χ2n) is 4.29. The number of nitrogens with zero attached hydrogens (tertiary/aromatic N) is 1. The van der Waals surface area contributed by atoms with E-state index >= 15 is 0 Å². The van der Waals surface area contributed by atoms with Crippen molar-refractivity contribution in [2.45, 2.75) is 6.10 Å². The third-order valence-corrected chi connectivity index (χ3v) is 2.97. The quantitative estimate of drug-likeness (QED) is 0.792. The van der Waals surface area contributed by atoms with Gasteiger partial charge in [-0.05, 0) is 24.3 Å². The summed E-state index contributed by atoms with van der Waals surface area (Å²) in [5.41, 5.74) is 6.70. The fourth-order valence-corrected chi connectivity index (χ4v) is 2.09. The molecule has 2 N–H and O–H groups in total. The Labute approximate surface area is 115 Å². The maximum absolute atomic E-state index is 11.1. The van der Waals surface area contributed by atoms with E-state index in [1.165, 1.54) is 6.26 Å². The average Bonchev–Trinajstić information content (AvgIpc) is 2.98. The first-order valence-corrected chi connectivity index (χ1v) is 6.08. The van der Waals surface area contributed by atoms with Crippen molar-refractivity contribution in [3.05, 3.63) is 66.2 Å². The summed E-state index contributed by atoms with van der Waals surface area (Å²) in [6.07, 6.45) is 1.70. The Kier molecular flexibility index (Phi) is 3.09. The molecule has 0 saturated carbocycles. The number of hydrogen-bond acceptors (Lipinski definition) is 4. The number of carbonyl (C=O) groups is 1. The zero-order valence-corrected chi connectivity index (χ0v) is 10.5. The van der Waals surface area contributed by atoms with Crippen molar-refractivity contribution in [1.29, 1.82) is 0 Å². The van der Waals surface area contributed by atoms with Crippen LogP contribution in [-0.2, 0) is 4.74 Å². The van der Waals surface area contributed by atoms with E-state index in [1.54, 1.807) is 18.3 Å². The molecule has 5 heteroatoms. The number of hydrogen-bond donors (Lipinski definition) is 1. The molecule has 0 fully saturated rings. The van der Waals surface area contributed by atoms with E-state index in [0.717, 1.165) is 16.5 Å². The van der Waals surface area contributed by atoms with Gasteiger partial charge in [-0.25, -0.2) is 4.79 Å². The smallest absolute Gasteiger partial charge is 0.405 e. The van der Waals surface area contributed by atoms with Gasteiger partial charge in [0.2, 0.25) is 0 Å². The Bertz CT molecular complexity index is 738. The molecular formula is C15H12N2O3. The van der Waals surface area contributed by atoms with Gasteiger partial charge in [0.05, 0.1) is 11.8 Å². The fraction of sp³-hybridized carbons (Fsp3) is 0.0667. The predicted octanol–water partition coefficient (Wildman–Crippen LogP) is 3.01. The minimum absolute atomic E-state index is 0.513. The monoisotopic (exact) mass is 268 g/mol. The molecule has 0 saturated heterocycles.